The fourth-order valence-electron chi connectivity index (χ4n) is 1.65. The topological polar surface area (TPSA) is 66.5 Å². The Balaban J connectivity index is 0.00000121. The number of carbonyl (C=O) groups excluding carboxylic acids is 3. The summed E-state index contributed by atoms with van der Waals surface area (Å²) in [5.41, 5.74) is 0. The molecule has 1 N–H and O–H groups in total. The van der Waals surface area contributed by atoms with Crippen molar-refractivity contribution >= 4 is 17.7 Å². The third-order valence-corrected chi connectivity index (χ3v) is 2.54. The summed E-state index contributed by atoms with van der Waals surface area (Å²) in [6.07, 6.45) is 1.01. The van der Waals surface area contributed by atoms with Crippen LogP contribution in [0, 0.1) is 5.92 Å². The summed E-state index contributed by atoms with van der Waals surface area (Å²) in [6.45, 7) is 7.92. The third-order valence-electron chi connectivity index (χ3n) is 2.54. The molecule has 1 heterocycles. The van der Waals surface area contributed by atoms with Crippen molar-refractivity contribution in [2.45, 2.75) is 40.5 Å². The molecule has 1 unspecified atom stereocenters. The van der Waals surface area contributed by atoms with E-state index in [0.29, 0.717) is 19.4 Å². The molecule has 0 radical (unpaired) electrons. The zero-order chi connectivity index (χ0) is 13.4. The first-order valence-corrected chi connectivity index (χ1v) is 6.15. The van der Waals surface area contributed by atoms with E-state index in [9.17, 15) is 14.4 Å². The smallest absolute Gasteiger partial charge is 0.232 e. The first-order chi connectivity index (χ1) is 8.06. The summed E-state index contributed by atoms with van der Waals surface area (Å²) in [5.74, 6) is -0.541. The lowest BCUT2D eigenvalue weighted by Gasteiger charge is -2.14. The van der Waals surface area contributed by atoms with Crippen LogP contribution in [-0.4, -0.2) is 35.7 Å². The molecule has 0 spiro atoms. The number of nitrogens with one attached hydrogen (secondary N) is 1. The van der Waals surface area contributed by atoms with Gasteiger partial charge >= 0.3 is 0 Å². The highest BCUT2D eigenvalue weighted by Crippen LogP contribution is 2.21. The van der Waals surface area contributed by atoms with Gasteiger partial charge in [-0.2, -0.15) is 0 Å². The zero-order valence-electron chi connectivity index (χ0n) is 11.1. The van der Waals surface area contributed by atoms with E-state index < -0.39 is 0 Å². The molecular formula is C12H22N2O3. The highest BCUT2D eigenvalue weighted by Gasteiger charge is 2.36. The monoisotopic (exact) mass is 242 g/mol. The lowest BCUT2D eigenvalue weighted by Crippen LogP contribution is -2.37. The normalized spacial score (nSPS) is 18.8. The summed E-state index contributed by atoms with van der Waals surface area (Å²) in [7, 11) is 0. The van der Waals surface area contributed by atoms with Gasteiger partial charge in [-0.3, -0.25) is 19.3 Å². The van der Waals surface area contributed by atoms with Gasteiger partial charge in [-0.25, -0.2) is 0 Å². The largest absolute Gasteiger partial charge is 0.355 e. The van der Waals surface area contributed by atoms with Gasteiger partial charge in [0, 0.05) is 32.4 Å². The molecule has 0 aromatic carbocycles. The van der Waals surface area contributed by atoms with Gasteiger partial charge < -0.3 is 5.32 Å². The van der Waals surface area contributed by atoms with E-state index in [1.54, 1.807) is 0 Å². The average Bonchev–Trinajstić information content (AvgIpc) is 2.58. The van der Waals surface area contributed by atoms with Gasteiger partial charge in [-0.05, 0) is 6.42 Å². The van der Waals surface area contributed by atoms with E-state index in [-0.39, 0.29) is 30.2 Å². The second-order valence-corrected chi connectivity index (χ2v) is 3.68. The second-order valence-electron chi connectivity index (χ2n) is 3.68. The van der Waals surface area contributed by atoms with E-state index in [0.717, 1.165) is 0 Å². The van der Waals surface area contributed by atoms with Crippen LogP contribution in [0.4, 0.5) is 0 Å². The van der Waals surface area contributed by atoms with Crippen LogP contribution in [0.5, 0.6) is 0 Å². The fraction of sp³-hybridized carbons (Fsp3) is 0.750. The minimum absolute atomic E-state index is 0.104. The van der Waals surface area contributed by atoms with Crippen molar-refractivity contribution in [2.75, 3.05) is 13.1 Å². The molecule has 1 rings (SSSR count). The van der Waals surface area contributed by atoms with Gasteiger partial charge in [-0.15, -0.1) is 0 Å². The summed E-state index contributed by atoms with van der Waals surface area (Å²) in [6, 6.07) is 0. The molecule has 0 saturated carbocycles. The molecule has 17 heavy (non-hydrogen) atoms. The number of nitrogens with zero attached hydrogens (tertiary/aromatic N) is 1. The van der Waals surface area contributed by atoms with Crippen LogP contribution in [0.15, 0.2) is 0 Å². The first kappa shape index (κ1) is 15.6. The van der Waals surface area contributed by atoms with Crippen LogP contribution in [0.3, 0.4) is 0 Å². The predicted octanol–water partition coefficient (Wildman–Crippen LogP) is 0.934. The van der Waals surface area contributed by atoms with Crippen molar-refractivity contribution in [2.24, 2.45) is 5.92 Å². The molecule has 1 saturated heterocycles. The number of hydrogen-bond acceptors (Lipinski definition) is 3. The number of imide groups is 1. The molecule has 5 nitrogen and oxygen atoms in total. The molecule has 3 amide bonds. The number of rotatable bonds is 4. The first-order valence-electron chi connectivity index (χ1n) is 6.15. The second kappa shape index (κ2) is 7.81. The van der Waals surface area contributed by atoms with Gasteiger partial charge in [0.05, 0.1) is 0 Å². The van der Waals surface area contributed by atoms with Gasteiger partial charge in [-0.1, -0.05) is 20.8 Å². The van der Waals surface area contributed by atoms with Crippen LogP contribution >= 0.6 is 0 Å². The van der Waals surface area contributed by atoms with Gasteiger partial charge in [0.15, 0.2) is 0 Å². The lowest BCUT2D eigenvalue weighted by atomic mass is 10.1. The van der Waals surface area contributed by atoms with Crippen LogP contribution in [0.1, 0.15) is 40.5 Å². The predicted molar refractivity (Wildman–Crippen MR) is 65.1 cm³/mol. The molecule has 0 bridgehead atoms. The Morgan fingerprint density at radius 2 is 2.00 bits per heavy atom. The number of likely N-dealkylation sites (tertiary alicyclic amines) is 1. The highest BCUT2D eigenvalue weighted by atomic mass is 16.2. The Morgan fingerprint density at radius 1 is 1.41 bits per heavy atom. The SMILES string of the molecule is CC.CCC1CC(=O)N(CCNC(C)=O)C1=O. The van der Waals surface area contributed by atoms with Crippen LogP contribution in [-0.2, 0) is 14.4 Å². The minimum atomic E-state index is -0.158. The lowest BCUT2D eigenvalue weighted by molar-refractivity contribution is -0.139. The van der Waals surface area contributed by atoms with E-state index in [1.807, 2.05) is 20.8 Å². The summed E-state index contributed by atoms with van der Waals surface area (Å²) < 4.78 is 0. The average molecular weight is 242 g/mol. The van der Waals surface area contributed by atoms with Crippen molar-refractivity contribution in [1.82, 2.24) is 10.2 Å². The van der Waals surface area contributed by atoms with Gasteiger partial charge in [0.2, 0.25) is 17.7 Å². The van der Waals surface area contributed by atoms with E-state index in [2.05, 4.69) is 5.32 Å². The summed E-state index contributed by atoms with van der Waals surface area (Å²) in [5, 5.41) is 2.56. The van der Waals surface area contributed by atoms with Crippen LogP contribution in [0.25, 0.3) is 0 Å². The third kappa shape index (κ3) is 4.54. The van der Waals surface area contributed by atoms with Crippen LogP contribution < -0.4 is 5.32 Å². The Kier molecular flexibility index (Phi) is 7.18. The van der Waals surface area contributed by atoms with Crippen molar-refractivity contribution in [3.05, 3.63) is 0 Å². The highest BCUT2D eigenvalue weighted by molar-refractivity contribution is 6.03. The standard InChI is InChI=1S/C10H16N2O3.C2H6/c1-3-8-6-9(14)12(10(8)15)5-4-11-7(2)13;1-2/h8H,3-6H2,1-2H3,(H,11,13);1-2H3. The van der Waals surface area contributed by atoms with Crippen molar-refractivity contribution in [1.29, 1.82) is 0 Å². The zero-order valence-corrected chi connectivity index (χ0v) is 11.1. The van der Waals surface area contributed by atoms with Crippen LogP contribution in [0.2, 0.25) is 0 Å². The molecular weight excluding hydrogens is 220 g/mol. The Labute approximate surface area is 103 Å². The molecule has 1 fully saturated rings. The molecule has 98 valence electrons. The maximum atomic E-state index is 11.6. The molecule has 1 atom stereocenters. The minimum Gasteiger partial charge on any atom is -0.355 e. The Hall–Kier alpha value is -1.39. The van der Waals surface area contributed by atoms with E-state index in [1.165, 1.54) is 11.8 Å². The Morgan fingerprint density at radius 3 is 2.41 bits per heavy atom. The molecule has 0 aromatic rings. The van der Waals surface area contributed by atoms with Crippen molar-refractivity contribution in [3.63, 3.8) is 0 Å². The molecule has 5 heteroatoms. The van der Waals surface area contributed by atoms with Crippen molar-refractivity contribution in [3.8, 4) is 0 Å². The molecule has 1 aliphatic heterocycles. The molecule has 1 aliphatic rings. The van der Waals surface area contributed by atoms with Gasteiger partial charge in [0.1, 0.15) is 0 Å². The summed E-state index contributed by atoms with van der Waals surface area (Å²) >= 11 is 0. The number of amides is 3. The van der Waals surface area contributed by atoms with E-state index in [4.69, 9.17) is 0 Å². The Bertz CT molecular complexity index is 289. The quantitative estimate of drug-likeness (QED) is 0.746. The maximum absolute atomic E-state index is 11.6. The number of hydrogen-bond donors (Lipinski definition) is 1. The molecule has 0 aromatic heterocycles. The number of carbonyl (C=O) groups is 3. The van der Waals surface area contributed by atoms with E-state index >= 15 is 0 Å². The molecule has 0 aliphatic carbocycles. The summed E-state index contributed by atoms with van der Waals surface area (Å²) in [4.78, 5) is 34.9. The van der Waals surface area contributed by atoms with Gasteiger partial charge in [0.25, 0.3) is 0 Å². The van der Waals surface area contributed by atoms with Crippen molar-refractivity contribution < 1.29 is 14.4 Å². The fourth-order valence-corrected chi connectivity index (χ4v) is 1.65. The maximum Gasteiger partial charge on any atom is 0.232 e.